The summed E-state index contributed by atoms with van der Waals surface area (Å²) < 4.78 is 2.35. The Bertz CT molecular complexity index is 830. The Morgan fingerprint density at radius 1 is 1.10 bits per heavy atom. The van der Waals surface area contributed by atoms with Crippen LogP contribution in [0.25, 0.3) is 0 Å². The van der Waals surface area contributed by atoms with Gasteiger partial charge >= 0.3 is 0 Å². The van der Waals surface area contributed by atoms with E-state index in [0.717, 1.165) is 57.2 Å². The first-order valence-electron chi connectivity index (χ1n) is 12.0. The molecule has 168 valence electrons. The summed E-state index contributed by atoms with van der Waals surface area (Å²) in [5.74, 6) is 3.23. The van der Waals surface area contributed by atoms with Crippen LogP contribution in [0.15, 0.2) is 35.3 Å². The van der Waals surface area contributed by atoms with Crippen LogP contribution in [0, 0.1) is 0 Å². The second-order valence-corrected chi connectivity index (χ2v) is 8.80. The lowest BCUT2D eigenvalue weighted by molar-refractivity contribution is 0.192. The second-order valence-electron chi connectivity index (χ2n) is 8.80. The number of piperidine rings is 1. The first-order valence-corrected chi connectivity index (χ1v) is 12.0. The molecule has 1 unspecified atom stereocenters. The molecule has 1 aromatic heterocycles. The van der Waals surface area contributed by atoms with Crippen LogP contribution in [0.3, 0.4) is 0 Å². The van der Waals surface area contributed by atoms with Crippen LogP contribution in [-0.2, 0) is 25.9 Å². The van der Waals surface area contributed by atoms with Crippen molar-refractivity contribution < 1.29 is 0 Å². The van der Waals surface area contributed by atoms with Crippen molar-refractivity contribution in [2.75, 3.05) is 26.7 Å². The predicted octanol–water partition coefficient (Wildman–Crippen LogP) is 2.77. The van der Waals surface area contributed by atoms with Gasteiger partial charge in [-0.25, -0.2) is 0 Å². The van der Waals surface area contributed by atoms with Gasteiger partial charge in [-0.05, 0) is 44.2 Å². The number of aliphatic imine (C=N–C) groups is 1. The molecule has 7 heteroatoms. The lowest BCUT2D eigenvalue weighted by Gasteiger charge is -2.34. The number of aromatic nitrogens is 3. The van der Waals surface area contributed by atoms with E-state index in [-0.39, 0.29) is 0 Å². The second kappa shape index (κ2) is 11.3. The number of hydrogen-bond donors (Lipinski definition) is 2. The van der Waals surface area contributed by atoms with Crippen LogP contribution in [0.1, 0.15) is 55.7 Å². The minimum atomic E-state index is 0.441. The van der Waals surface area contributed by atoms with E-state index in [0.29, 0.717) is 6.04 Å². The number of aryl methyl sites for hydroxylation is 2. The lowest BCUT2D eigenvalue weighted by Crippen LogP contribution is -2.51. The highest BCUT2D eigenvalue weighted by Gasteiger charge is 2.21. The SMILES string of the molecule is CN=C(NCCCc1nnc2n1CCCCC2)NC1CCCN(Cc2ccccc2)C1. The summed E-state index contributed by atoms with van der Waals surface area (Å²) in [6, 6.07) is 11.2. The highest BCUT2D eigenvalue weighted by atomic mass is 15.3. The summed E-state index contributed by atoms with van der Waals surface area (Å²) in [5.41, 5.74) is 1.39. The van der Waals surface area contributed by atoms with Gasteiger partial charge in [0.05, 0.1) is 0 Å². The van der Waals surface area contributed by atoms with Gasteiger partial charge in [0.2, 0.25) is 0 Å². The molecule has 0 radical (unpaired) electrons. The van der Waals surface area contributed by atoms with Crippen molar-refractivity contribution in [3.8, 4) is 0 Å². The molecule has 31 heavy (non-hydrogen) atoms. The highest BCUT2D eigenvalue weighted by molar-refractivity contribution is 5.79. The number of rotatable bonds is 7. The van der Waals surface area contributed by atoms with Crippen molar-refractivity contribution in [1.82, 2.24) is 30.3 Å². The summed E-state index contributed by atoms with van der Waals surface area (Å²) in [7, 11) is 1.86. The maximum atomic E-state index is 4.45. The molecule has 0 amide bonds. The van der Waals surface area contributed by atoms with Crippen LogP contribution in [0.5, 0.6) is 0 Å². The zero-order valence-corrected chi connectivity index (χ0v) is 18.9. The molecule has 2 N–H and O–H groups in total. The number of fused-ring (bicyclic) bond motifs is 1. The van der Waals surface area contributed by atoms with Crippen molar-refractivity contribution >= 4 is 5.96 Å². The Morgan fingerprint density at radius 2 is 2.00 bits per heavy atom. The smallest absolute Gasteiger partial charge is 0.191 e. The average Bonchev–Trinajstić information content (AvgIpc) is 3.02. The largest absolute Gasteiger partial charge is 0.356 e. The Balaban J connectivity index is 1.20. The third kappa shape index (κ3) is 6.29. The third-order valence-electron chi connectivity index (χ3n) is 6.37. The van der Waals surface area contributed by atoms with E-state index in [2.05, 4.69) is 65.6 Å². The van der Waals surface area contributed by atoms with Gasteiger partial charge in [-0.1, -0.05) is 36.8 Å². The van der Waals surface area contributed by atoms with Gasteiger partial charge in [0, 0.05) is 52.1 Å². The molecule has 3 heterocycles. The summed E-state index contributed by atoms with van der Waals surface area (Å²) in [4.78, 5) is 6.99. The zero-order valence-electron chi connectivity index (χ0n) is 18.9. The Kier molecular flexibility index (Phi) is 7.93. The Hall–Kier alpha value is -2.41. The van der Waals surface area contributed by atoms with Gasteiger partial charge in [-0.15, -0.1) is 10.2 Å². The molecule has 2 aromatic rings. The van der Waals surface area contributed by atoms with Gasteiger partial charge in [0.25, 0.3) is 0 Å². The van der Waals surface area contributed by atoms with E-state index in [1.165, 1.54) is 50.0 Å². The zero-order chi connectivity index (χ0) is 21.3. The molecule has 1 fully saturated rings. The molecule has 2 aliphatic heterocycles. The van der Waals surface area contributed by atoms with E-state index >= 15 is 0 Å². The molecule has 1 aromatic carbocycles. The van der Waals surface area contributed by atoms with E-state index in [4.69, 9.17) is 0 Å². The summed E-state index contributed by atoms with van der Waals surface area (Å²) >= 11 is 0. The minimum absolute atomic E-state index is 0.441. The molecule has 7 nitrogen and oxygen atoms in total. The first-order chi connectivity index (χ1) is 15.3. The monoisotopic (exact) mass is 423 g/mol. The first kappa shape index (κ1) is 21.8. The molecular weight excluding hydrogens is 386 g/mol. The molecular formula is C24H37N7. The van der Waals surface area contributed by atoms with Gasteiger partial charge in [-0.2, -0.15) is 0 Å². The molecule has 4 rings (SSSR count). The van der Waals surface area contributed by atoms with Crippen molar-refractivity contribution in [1.29, 1.82) is 0 Å². The Labute approximate surface area is 186 Å². The molecule has 1 atom stereocenters. The quantitative estimate of drug-likeness (QED) is 0.407. The number of hydrogen-bond acceptors (Lipinski definition) is 4. The van der Waals surface area contributed by atoms with Gasteiger partial charge in [0.15, 0.2) is 5.96 Å². The summed E-state index contributed by atoms with van der Waals surface area (Å²) in [6.07, 6.45) is 9.27. The maximum Gasteiger partial charge on any atom is 0.191 e. The van der Waals surface area contributed by atoms with Gasteiger partial charge in [0.1, 0.15) is 11.6 Å². The van der Waals surface area contributed by atoms with E-state index in [9.17, 15) is 0 Å². The fraction of sp³-hybridized carbons (Fsp3) is 0.625. The van der Waals surface area contributed by atoms with Gasteiger partial charge in [-0.3, -0.25) is 9.89 Å². The standard InChI is InChI=1S/C24H37N7/c1-25-24(26-15-8-14-23-29-28-22-13-6-3-7-17-31(22)23)27-21-12-9-16-30(19-21)18-20-10-4-2-5-11-20/h2,4-5,10-11,21H,3,6-9,12-19H2,1H3,(H2,25,26,27). The third-order valence-corrected chi connectivity index (χ3v) is 6.37. The lowest BCUT2D eigenvalue weighted by atomic mass is 10.0. The molecule has 1 saturated heterocycles. The van der Waals surface area contributed by atoms with Crippen LogP contribution >= 0.6 is 0 Å². The van der Waals surface area contributed by atoms with E-state index in [1.54, 1.807) is 0 Å². The van der Waals surface area contributed by atoms with E-state index in [1.807, 2.05) is 7.05 Å². The number of nitrogens with zero attached hydrogens (tertiary/aromatic N) is 5. The van der Waals surface area contributed by atoms with Crippen molar-refractivity contribution in [2.24, 2.45) is 4.99 Å². The summed E-state index contributed by atoms with van der Waals surface area (Å²) in [5, 5.41) is 16.0. The van der Waals surface area contributed by atoms with Crippen LogP contribution in [-0.4, -0.2) is 58.3 Å². The van der Waals surface area contributed by atoms with Crippen LogP contribution < -0.4 is 10.6 Å². The highest BCUT2D eigenvalue weighted by Crippen LogP contribution is 2.15. The summed E-state index contributed by atoms with van der Waals surface area (Å²) in [6.45, 7) is 5.22. The maximum absolute atomic E-state index is 4.45. The normalized spacial score (nSPS) is 20.2. The molecule has 0 saturated carbocycles. The number of nitrogens with one attached hydrogen (secondary N) is 2. The molecule has 0 aliphatic carbocycles. The topological polar surface area (TPSA) is 70.4 Å². The van der Waals surface area contributed by atoms with Crippen LogP contribution in [0.4, 0.5) is 0 Å². The minimum Gasteiger partial charge on any atom is -0.356 e. The number of guanidine groups is 1. The fourth-order valence-electron chi connectivity index (χ4n) is 4.73. The number of likely N-dealkylation sites (tertiary alicyclic amines) is 1. The fourth-order valence-corrected chi connectivity index (χ4v) is 4.73. The molecule has 0 spiro atoms. The van der Waals surface area contributed by atoms with Crippen LogP contribution in [0.2, 0.25) is 0 Å². The Morgan fingerprint density at radius 3 is 2.87 bits per heavy atom. The van der Waals surface area contributed by atoms with Crippen molar-refractivity contribution in [3.63, 3.8) is 0 Å². The molecule has 0 bridgehead atoms. The van der Waals surface area contributed by atoms with Gasteiger partial charge < -0.3 is 15.2 Å². The number of benzene rings is 1. The predicted molar refractivity (Wildman–Crippen MR) is 125 cm³/mol. The van der Waals surface area contributed by atoms with E-state index < -0.39 is 0 Å². The molecule has 2 aliphatic rings. The average molecular weight is 424 g/mol. The van der Waals surface area contributed by atoms with Crippen molar-refractivity contribution in [3.05, 3.63) is 47.5 Å². The van der Waals surface area contributed by atoms with Crippen molar-refractivity contribution in [2.45, 2.75) is 70.5 Å².